The minimum Gasteiger partial charge on any atom is -0.324 e. The molecule has 3 unspecified atom stereocenters. The summed E-state index contributed by atoms with van der Waals surface area (Å²) in [5, 5.41) is 20.3. The van der Waals surface area contributed by atoms with Crippen molar-refractivity contribution in [1.29, 1.82) is 0 Å². The van der Waals surface area contributed by atoms with Crippen molar-refractivity contribution in [3.8, 4) is 11.4 Å². The molecule has 3 rings (SSSR count). The Balaban J connectivity index is 1.76. The second-order valence-electron chi connectivity index (χ2n) is 5.24. The van der Waals surface area contributed by atoms with Crippen molar-refractivity contribution in [2.75, 3.05) is 5.32 Å². The normalized spacial score (nSPS) is 23.6. The maximum absolute atomic E-state index is 12.3. The number of nitrogens with one attached hydrogen (secondary N) is 4. The van der Waals surface area contributed by atoms with Gasteiger partial charge in [0, 0.05) is 16.2 Å². The molecule has 3 atom stereocenters. The van der Waals surface area contributed by atoms with E-state index in [1.54, 1.807) is 25.1 Å². The van der Waals surface area contributed by atoms with E-state index in [-0.39, 0.29) is 0 Å². The topological polar surface area (TPSA) is 138 Å². The Morgan fingerprint density at radius 3 is 2.91 bits per heavy atom. The zero-order chi connectivity index (χ0) is 16.4. The zero-order valence-corrected chi connectivity index (χ0v) is 12.2. The van der Waals surface area contributed by atoms with Gasteiger partial charge in [-0.2, -0.15) is 5.10 Å². The Hall–Kier alpha value is -2.85. The van der Waals surface area contributed by atoms with Gasteiger partial charge in [-0.3, -0.25) is 20.0 Å². The van der Waals surface area contributed by atoms with Crippen LogP contribution in [0.2, 0.25) is 0 Å². The van der Waals surface area contributed by atoms with Crippen LogP contribution in [0.1, 0.15) is 6.92 Å². The van der Waals surface area contributed by atoms with E-state index in [2.05, 4.69) is 31.3 Å². The fourth-order valence-electron chi connectivity index (χ4n) is 2.51. The second kappa shape index (κ2) is 6.10. The number of H-pyrrole nitrogens is 1. The van der Waals surface area contributed by atoms with Gasteiger partial charge >= 0.3 is 0 Å². The van der Waals surface area contributed by atoms with E-state index in [1.807, 2.05) is 6.07 Å². The maximum atomic E-state index is 12.3. The molecule has 2 aromatic rings. The molecule has 10 heteroatoms. The first kappa shape index (κ1) is 15.1. The Kier molecular flexibility index (Phi) is 4.00. The molecule has 0 spiro atoms. The lowest BCUT2D eigenvalue weighted by molar-refractivity contribution is -0.522. The van der Waals surface area contributed by atoms with Crippen molar-refractivity contribution in [2.45, 2.75) is 25.0 Å². The van der Waals surface area contributed by atoms with Crippen LogP contribution in [0, 0.1) is 10.1 Å². The Labute approximate surface area is 130 Å². The summed E-state index contributed by atoms with van der Waals surface area (Å²) in [7, 11) is 0. The molecule has 1 aliphatic heterocycles. The monoisotopic (exact) mass is 317 g/mol. The largest absolute Gasteiger partial charge is 0.324 e. The molecule has 1 aliphatic rings. The van der Waals surface area contributed by atoms with Crippen LogP contribution >= 0.6 is 0 Å². The summed E-state index contributed by atoms with van der Waals surface area (Å²) in [6.45, 7) is 1.65. The number of carbonyl (C=O) groups excluding carboxylic acids is 1. The number of rotatable bonds is 4. The molecule has 23 heavy (non-hydrogen) atoms. The van der Waals surface area contributed by atoms with Gasteiger partial charge in [-0.05, 0) is 19.1 Å². The number of nitrogens with zero attached hydrogens (tertiary/aromatic N) is 3. The zero-order valence-electron chi connectivity index (χ0n) is 12.2. The van der Waals surface area contributed by atoms with Gasteiger partial charge < -0.3 is 5.32 Å². The summed E-state index contributed by atoms with van der Waals surface area (Å²) >= 11 is 0. The molecule has 1 saturated heterocycles. The van der Waals surface area contributed by atoms with Gasteiger partial charge in [-0.15, -0.1) is 0 Å². The van der Waals surface area contributed by atoms with Gasteiger partial charge in [0.05, 0.1) is 6.04 Å². The lowest BCUT2D eigenvalue weighted by Gasteiger charge is -2.14. The number of amides is 1. The van der Waals surface area contributed by atoms with E-state index < -0.39 is 29.0 Å². The molecule has 2 heterocycles. The fourth-order valence-corrected chi connectivity index (χ4v) is 2.51. The number of hydrogen-bond donors (Lipinski definition) is 4. The van der Waals surface area contributed by atoms with Crippen LogP contribution in [0.5, 0.6) is 0 Å². The predicted molar refractivity (Wildman–Crippen MR) is 80.8 cm³/mol. The average Bonchev–Trinajstić information content (AvgIpc) is 3.16. The van der Waals surface area contributed by atoms with E-state index in [4.69, 9.17) is 0 Å². The van der Waals surface area contributed by atoms with Crippen molar-refractivity contribution in [3.05, 3.63) is 40.7 Å². The number of anilines is 1. The molecule has 120 valence electrons. The number of nitro groups is 1. The maximum Gasteiger partial charge on any atom is 0.254 e. The number of aromatic nitrogens is 3. The molecular formula is C13H15N7O3. The van der Waals surface area contributed by atoms with Crippen LogP contribution in [-0.4, -0.2) is 44.1 Å². The minimum atomic E-state index is -1.03. The summed E-state index contributed by atoms with van der Waals surface area (Å²) in [4.78, 5) is 27.0. The molecule has 0 aliphatic carbocycles. The predicted octanol–water partition coefficient (Wildman–Crippen LogP) is -0.0796. The van der Waals surface area contributed by atoms with E-state index in [9.17, 15) is 14.9 Å². The smallest absolute Gasteiger partial charge is 0.254 e. The number of benzene rings is 1. The van der Waals surface area contributed by atoms with Crippen LogP contribution in [0.3, 0.4) is 0 Å². The van der Waals surface area contributed by atoms with Crippen molar-refractivity contribution in [1.82, 2.24) is 26.0 Å². The molecule has 1 aromatic carbocycles. The summed E-state index contributed by atoms with van der Waals surface area (Å²) in [6, 6.07) is 4.55. The lowest BCUT2D eigenvalue weighted by Crippen LogP contribution is -2.47. The van der Waals surface area contributed by atoms with E-state index in [0.717, 1.165) is 5.56 Å². The summed E-state index contributed by atoms with van der Waals surface area (Å²) in [5.74, 6) is 0.0943. The van der Waals surface area contributed by atoms with Crippen molar-refractivity contribution >= 4 is 11.6 Å². The van der Waals surface area contributed by atoms with Crippen molar-refractivity contribution in [2.24, 2.45) is 0 Å². The molecule has 1 aromatic heterocycles. The van der Waals surface area contributed by atoms with E-state index in [0.29, 0.717) is 11.5 Å². The van der Waals surface area contributed by atoms with Crippen LogP contribution in [-0.2, 0) is 4.79 Å². The number of carbonyl (C=O) groups is 1. The van der Waals surface area contributed by atoms with Crippen LogP contribution in [0.4, 0.5) is 5.69 Å². The summed E-state index contributed by atoms with van der Waals surface area (Å²) in [6.07, 6.45) is 1.39. The van der Waals surface area contributed by atoms with Crippen LogP contribution in [0.15, 0.2) is 30.6 Å². The number of aromatic amines is 1. The average molecular weight is 317 g/mol. The standard InChI is InChI=1S/C13H15N7O3/c1-7-11(20(22)23)10(18-17-7)13(21)16-9-4-2-3-8(5-9)12-14-6-15-19-12/h2-7,10-11,17-18H,1H3,(H,16,21)(H,14,15,19). The molecule has 4 N–H and O–H groups in total. The molecule has 0 radical (unpaired) electrons. The third-order valence-electron chi connectivity index (χ3n) is 3.66. The van der Waals surface area contributed by atoms with Gasteiger partial charge in [0.25, 0.3) is 6.04 Å². The SMILES string of the molecule is CC1NNC(C(=O)Nc2cccc(-c3ncn[nH]3)c2)C1[N+](=O)[O-]. The van der Waals surface area contributed by atoms with E-state index >= 15 is 0 Å². The molecule has 1 fully saturated rings. The minimum absolute atomic E-state index is 0.443. The van der Waals surface area contributed by atoms with E-state index in [1.165, 1.54) is 6.33 Å². The van der Waals surface area contributed by atoms with Gasteiger partial charge in [0.1, 0.15) is 6.33 Å². The van der Waals surface area contributed by atoms with Gasteiger partial charge in [0.2, 0.25) is 5.91 Å². The lowest BCUT2D eigenvalue weighted by atomic mass is 10.0. The Morgan fingerprint density at radius 1 is 1.39 bits per heavy atom. The highest BCUT2D eigenvalue weighted by atomic mass is 16.6. The Morgan fingerprint density at radius 2 is 2.22 bits per heavy atom. The highest BCUT2D eigenvalue weighted by Crippen LogP contribution is 2.19. The Bertz CT molecular complexity index is 718. The first-order chi connectivity index (χ1) is 11.1. The van der Waals surface area contributed by atoms with Gasteiger partial charge in [-0.1, -0.05) is 12.1 Å². The van der Waals surface area contributed by atoms with Gasteiger partial charge in [-0.25, -0.2) is 15.8 Å². The third-order valence-corrected chi connectivity index (χ3v) is 3.66. The molecule has 10 nitrogen and oxygen atoms in total. The van der Waals surface area contributed by atoms with Crippen LogP contribution < -0.4 is 16.2 Å². The van der Waals surface area contributed by atoms with Crippen molar-refractivity contribution < 1.29 is 9.72 Å². The second-order valence-corrected chi connectivity index (χ2v) is 5.24. The number of hydrazine groups is 1. The van der Waals surface area contributed by atoms with Gasteiger partial charge in [0.15, 0.2) is 11.9 Å². The first-order valence-electron chi connectivity index (χ1n) is 6.97. The summed E-state index contributed by atoms with van der Waals surface area (Å²) in [5.41, 5.74) is 6.66. The highest BCUT2D eigenvalue weighted by Gasteiger charge is 2.46. The van der Waals surface area contributed by atoms with Crippen molar-refractivity contribution in [3.63, 3.8) is 0 Å². The molecule has 1 amide bonds. The number of hydrogen-bond acceptors (Lipinski definition) is 7. The third kappa shape index (κ3) is 3.03. The quantitative estimate of drug-likeness (QED) is 0.457. The molecular weight excluding hydrogens is 302 g/mol. The first-order valence-corrected chi connectivity index (χ1v) is 6.97. The summed E-state index contributed by atoms with van der Waals surface area (Å²) < 4.78 is 0. The van der Waals surface area contributed by atoms with Crippen LogP contribution in [0.25, 0.3) is 11.4 Å². The molecule has 0 bridgehead atoms. The fraction of sp³-hybridized carbons (Fsp3) is 0.308. The molecule has 0 saturated carbocycles. The highest BCUT2D eigenvalue weighted by molar-refractivity contribution is 5.96.